The number of hydrogen-bond donors (Lipinski definition) is 0. The third kappa shape index (κ3) is 3.55. The first-order valence-electron chi connectivity index (χ1n) is 3.13. The summed E-state index contributed by atoms with van der Waals surface area (Å²) in [6, 6.07) is 0. The van der Waals surface area contributed by atoms with Gasteiger partial charge in [0, 0.05) is 20.6 Å². The molecule has 0 radical (unpaired) electrons. The summed E-state index contributed by atoms with van der Waals surface area (Å²) in [4.78, 5) is 0. The van der Waals surface area contributed by atoms with Crippen molar-refractivity contribution in [1.82, 2.24) is 0 Å². The summed E-state index contributed by atoms with van der Waals surface area (Å²) in [7, 11) is 5.74. The number of methoxy groups -OCH3 is 2. The Morgan fingerprint density at radius 2 is 2.00 bits per heavy atom. The van der Waals surface area contributed by atoms with Crippen LogP contribution < -0.4 is 0 Å². The van der Waals surface area contributed by atoms with Crippen molar-refractivity contribution in [2.45, 2.75) is 19.3 Å². The maximum absolute atomic E-state index is 5.17. The third-order valence-corrected chi connectivity index (χ3v) is 2.02. The molecule has 0 N–H and O–H groups in total. The van der Waals surface area contributed by atoms with Crippen LogP contribution in [0.3, 0.4) is 0 Å². The molecule has 0 rings (SSSR count). The zero-order valence-electron chi connectivity index (χ0n) is 6.90. The van der Waals surface area contributed by atoms with Gasteiger partial charge in [0.1, 0.15) is 0 Å². The van der Waals surface area contributed by atoms with Gasteiger partial charge in [0.25, 0.3) is 5.97 Å². The highest BCUT2D eigenvalue weighted by Gasteiger charge is 2.28. The van der Waals surface area contributed by atoms with Crippen LogP contribution in [-0.2, 0) is 14.0 Å². The van der Waals surface area contributed by atoms with Gasteiger partial charge in [-0.25, -0.2) is 4.52 Å². The Morgan fingerprint density at radius 1 is 1.45 bits per heavy atom. The van der Waals surface area contributed by atoms with E-state index in [0.717, 1.165) is 0 Å². The minimum Gasteiger partial charge on any atom is -0.330 e. The van der Waals surface area contributed by atoms with Crippen molar-refractivity contribution in [2.24, 2.45) is 4.52 Å². The predicted molar refractivity (Wildman–Crippen MR) is 47.2 cm³/mol. The van der Waals surface area contributed by atoms with Crippen molar-refractivity contribution in [3.05, 3.63) is 0 Å². The molecule has 0 aromatic carbocycles. The molecule has 0 amide bonds. The molecule has 0 aromatic rings. The fourth-order valence-electron chi connectivity index (χ4n) is 0.597. The average Bonchev–Trinajstić information content (AvgIpc) is 2.08. The average molecular weight is 197 g/mol. The van der Waals surface area contributed by atoms with Gasteiger partial charge in [-0.05, 0) is 9.39 Å². The summed E-state index contributed by atoms with van der Waals surface area (Å²) in [6.07, 6.45) is 0.618. The molecule has 6 heteroatoms. The highest BCUT2D eigenvalue weighted by atomic mass is 31.1. The molecule has 1 unspecified atom stereocenters. The number of ether oxygens (including phenoxy) is 2. The van der Waals surface area contributed by atoms with Crippen molar-refractivity contribution >= 4 is 18.0 Å². The van der Waals surface area contributed by atoms with Gasteiger partial charge in [-0.15, -0.1) is 0 Å². The lowest BCUT2D eigenvalue weighted by atomic mass is 10.4. The minimum absolute atomic E-state index is 0.476. The SMILES string of the molecule is CCC(OC)(OC)OP=NP. The summed E-state index contributed by atoms with van der Waals surface area (Å²) < 4.78 is 18.9. The second kappa shape index (κ2) is 5.99. The van der Waals surface area contributed by atoms with E-state index < -0.39 is 5.97 Å². The largest absolute Gasteiger partial charge is 0.330 e. The van der Waals surface area contributed by atoms with Crippen molar-refractivity contribution in [3.8, 4) is 0 Å². The first-order valence-corrected chi connectivity index (χ1v) is 4.41. The molecule has 0 heterocycles. The predicted octanol–water partition coefficient (Wildman–Crippen LogP) is 2.19. The molecule has 0 bridgehead atoms. The normalized spacial score (nSPS) is 12.7. The smallest absolute Gasteiger partial charge is 0.291 e. The molecular weight excluding hydrogens is 184 g/mol. The zero-order valence-corrected chi connectivity index (χ0v) is 8.95. The summed E-state index contributed by atoms with van der Waals surface area (Å²) in [5, 5.41) is 0. The van der Waals surface area contributed by atoms with Crippen LogP contribution in [0.15, 0.2) is 4.52 Å². The van der Waals surface area contributed by atoms with Crippen molar-refractivity contribution in [2.75, 3.05) is 14.2 Å². The van der Waals surface area contributed by atoms with Gasteiger partial charge in [-0.3, -0.25) is 4.52 Å². The lowest BCUT2D eigenvalue weighted by Crippen LogP contribution is -2.33. The number of nitrogens with zero attached hydrogens (tertiary/aromatic N) is 1. The van der Waals surface area contributed by atoms with Gasteiger partial charge in [-0.2, -0.15) is 0 Å². The maximum Gasteiger partial charge on any atom is 0.291 e. The molecule has 1 atom stereocenters. The molecular formula is C5H13NO3P2. The van der Waals surface area contributed by atoms with Crippen LogP contribution in [0.1, 0.15) is 13.3 Å². The van der Waals surface area contributed by atoms with Crippen molar-refractivity contribution in [1.29, 1.82) is 0 Å². The van der Waals surface area contributed by atoms with Crippen LogP contribution in [0.2, 0.25) is 0 Å². The minimum atomic E-state index is -0.943. The van der Waals surface area contributed by atoms with Gasteiger partial charge >= 0.3 is 0 Å². The Hall–Kier alpha value is 0.410. The number of hydrogen-bond acceptors (Lipinski definition) is 4. The highest BCUT2D eigenvalue weighted by molar-refractivity contribution is 7.31. The number of rotatable bonds is 5. The molecule has 0 saturated heterocycles. The van der Waals surface area contributed by atoms with Crippen molar-refractivity contribution < 1.29 is 14.0 Å². The van der Waals surface area contributed by atoms with E-state index in [1.807, 2.05) is 6.92 Å². The quantitative estimate of drug-likeness (QED) is 0.501. The van der Waals surface area contributed by atoms with Gasteiger partial charge in [-0.1, -0.05) is 6.92 Å². The second-order valence-corrected chi connectivity index (χ2v) is 3.00. The van der Waals surface area contributed by atoms with Crippen LogP contribution in [0.4, 0.5) is 0 Å². The van der Waals surface area contributed by atoms with E-state index in [1.165, 1.54) is 14.2 Å². The van der Waals surface area contributed by atoms with Gasteiger partial charge in [0.15, 0.2) is 8.60 Å². The van der Waals surface area contributed by atoms with E-state index >= 15 is 0 Å². The zero-order chi connectivity index (χ0) is 8.74. The standard InChI is InChI=1S/C5H13NO3P2/c1-4-5(7-2,8-3)9-11-6-10/h4,10H2,1-3H3. The first-order chi connectivity index (χ1) is 5.24. The lowest BCUT2D eigenvalue weighted by Gasteiger charge is -2.25. The van der Waals surface area contributed by atoms with Crippen LogP contribution in [0.25, 0.3) is 0 Å². The van der Waals surface area contributed by atoms with Crippen LogP contribution >= 0.6 is 18.0 Å². The molecule has 0 aliphatic carbocycles. The molecule has 66 valence electrons. The summed E-state index contributed by atoms with van der Waals surface area (Å²) in [6.45, 7) is 1.91. The van der Waals surface area contributed by atoms with Crippen LogP contribution in [0, 0.1) is 0 Å². The van der Waals surface area contributed by atoms with E-state index in [4.69, 9.17) is 14.0 Å². The van der Waals surface area contributed by atoms with E-state index in [-0.39, 0.29) is 0 Å². The Balaban J connectivity index is 4.04. The van der Waals surface area contributed by atoms with Crippen LogP contribution in [-0.4, -0.2) is 20.2 Å². The van der Waals surface area contributed by atoms with E-state index in [9.17, 15) is 0 Å². The van der Waals surface area contributed by atoms with E-state index in [1.54, 1.807) is 0 Å². The second-order valence-electron chi connectivity index (χ2n) is 1.73. The van der Waals surface area contributed by atoms with E-state index in [0.29, 0.717) is 15.0 Å². The molecule has 0 aliphatic heterocycles. The summed E-state index contributed by atoms with van der Waals surface area (Å²) in [5.41, 5.74) is 0. The molecule has 11 heavy (non-hydrogen) atoms. The lowest BCUT2D eigenvalue weighted by molar-refractivity contribution is -0.318. The fraction of sp³-hybridized carbons (Fsp3) is 1.00. The van der Waals surface area contributed by atoms with Crippen molar-refractivity contribution in [3.63, 3.8) is 0 Å². The molecule has 0 saturated carbocycles. The maximum atomic E-state index is 5.17. The third-order valence-electron chi connectivity index (χ3n) is 1.28. The molecule has 0 aliphatic rings. The Morgan fingerprint density at radius 3 is 2.27 bits per heavy atom. The molecule has 0 spiro atoms. The van der Waals surface area contributed by atoms with Gasteiger partial charge < -0.3 is 9.47 Å². The first kappa shape index (κ1) is 11.4. The monoisotopic (exact) mass is 197 g/mol. The molecule has 4 nitrogen and oxygen atoms in total. The van der Waals surface area contributed by atoms with E-state index in [2.05, 4.69) is 13.9 Å². The van der Waals surface area contributed by atoms with Gasteiger partial charge in [0.05, 0.1) is 0 Å². The summed E-state index contributed by atoms with van der Waals surface area (Å²) in [5.74, 6) is -0.943. The Kier molecular flexibility index (Phi) is 6.21. The topological polar surface area (TPSA) is 40.0 Å². The van der Waals surface area contributed by atoms with Gasteiger partial charge in [0.2, 0.25) is 0 Å². The Labute approximate surface area is 70.8 Å². The Bertz CT molecular complexity index is 119. The fourth-order valence-corrected chi connectivity index (χ4v) is 1.19. The molecule has 0 fully saturated rings. The highest BCUT2D eigenvalue weighted by Crippen LogP contribution is 2.24. The summed E-state index contributed by atoms with van der Waals surface area (Å²) >= 11 is 0. The molecule has 0 aromatic heterocycles. The van der Waals surface area contributed by atoms with Crippen LogP contribution in [0.5, 0.6) is 0 Å².